The third-order valence-electron chi connectivity index (χ3n) is 3.17. The van der Waals surface area contributed by atoms with Crippen LogP contribution in [0.3, 0.4) is 0 Å². The molecule has 1 amide bonds. The number of amides is 1. The number of hydrogen-bond donors (Lipinski definition) is 3. The molecule has 0 aliphatic heterocycles. The Morgan fingerprint density at radius 1 is 1.20 bits per heavy atom. The molecule has 1 aromatic carbocycles. The van der Waals surface area contributed by atoms with Crippen LogP contribution < -0.4 is 11.0 Å². The predicted octanol–water partition coefficient (Wildman–Crippen LogP) is 0.319. The molecule has 2 rings (SSSR count). The Kier molecular flexibility index (Phi) is 7.08. The van der Waals surface area contributed by atoms with Crippen molar-refractivity contribution >= 4 is 11.9 Å². The summed E-state index contributed by atoms with van der Waals surface area (Å²) in [5.74, 6) is 0.0418. The van der Waals surface area contributed by atoms with E-state index < -0.39 is 17.9 Å². The number of nitrogens with one attached hydrogen (secondary N) is 1. The van der Waals surface area contributed by atoms with E-state index >= 15 is 0 Å². The second-order valence-electron chi connectivity index (χ2n) is 5.03. The Morgan fingerprint density at radius 3 is 2.56 bits per heavy atom. The van der Waals surface area contributed by atoms with E-state index in [9.17, 15) is 9.59 Å². The molecule has 1 aromatic heterocycles. The van der Waals surface area contributed by atoms with Crippen molar-refractivity contribution in [2.75, 3.05) is 18.5 Å². The summed E-state index contributed by atoms with van der Waals surface area (Å²) < 4.78 is 11.3. The van der Waals surface area contributed by atoms with Crippen LogP contribution in [0.1, 0.15) is 5.56 Å². The normalized spacial score (nSPS) is 10.7. The van der Waals surface area contributed by atoms with Crippen LogP contribution in [0, 0.1) is 0 Å². The van der Waals surface area contributed by atoms with Gasteiger partial charge in [-0.1, -0.05) is 30.3 Å². The minimum Gasteiger partial charge on any atom is -0.444 e. The topological polar surface area (TPSA) is 123 Å². The zero-order valence-electron chi connectivity index (χ0n) is 13.4. The number of hydrogen-bond acceptors (Lipinski definition) is 7. The van der Waals surface area contributed by atoms with Crippen LogP contribution >= 0.6 is 0 Å². The molecule has 25 heavy (non-hydrogen) atoms. The van der Waals surface area contributed by atoms with Gasteiger partial charge in [0.15, 0.2) is 0 Å². The van der Waals surface area contributed by atoms with Crippen molar-refractivity contribution < 1.29 is 24.5 Å². The van der Waals surface area contributed by atoms with Gasteiger partial charge in [0.1, 0.15) is 25.3 Å². The van der Waals surface area contributed by atoms with Gasteiger partial charge in [-0.15, -0.1) is 0 Å². The summed E-state index contributed by atoms with van der Waals surface area (Å²) in [5.41, 5.74) is 0.177. The van der Waals surface area contributed by atoms with Crippen molar-refractivity contribution in [3.05, 3.63) is 58.6 Å². The summed E-state index contributed by atoms with van der Waals surface area (Å²) in [5, 5.41) is 20.2. The maximum atomic E-state index is 11.8. The summed E-state index contributed by atoms with van der Waals surface area (Å²) in [4.78, 5) is 27.2. The molecule has 0 bridgehead atoms. The van der Waals surface area contributed by atoms with Gasteiger partial charge < -0.3 is 19.7 Å². The van der Waals surface area contributed by atoms with Crippen LogP contribution in [-0.2, 0) is 22.8 Å². The zero-order valence-corrected chi connectivity index (χ0v) is 13.4. The van der Waals surface area contributed by atoms with E-state index in [1.165, 1.54) is 12.3 Å². The molecular formula is C16H19N3O6. The fraction of sp³-hybridized carbons (Fsp3) is 0.312. The highest BCUT2D eigenvalue weighted by molar-refractivity contribution is 5.83. The number of rotatable bonds is 8. The molecule has 2 aromatic rings. The minimum absolute atomic E-state index is 0.0418. The van der Waals surface area contributed by atoms with Crippen molar-refractivity contribution in [3.63, 3.8) is 0 Å². The number of ether oxygens (including phenoxy) is 2. The lowest BCUT2D eigenvalue weighted by Crippen LogP contribution is -2.29. The molecule has 3 N–H and O–H groups in total. The lowest BCUT2D eigenvalue weighted by atomic mass is 10.2. The fourth-order valence-electron chi connectivity index (χ4n) is 1.81. The second kappa shape index (κ2) is 9.52. The highest BCUT2D eigenvalue weighted by Crippen LogP contribution is 2.04. The highest BCUT2D eigenvalue weighted by atomic mass is 16.5. The Morgan fingerprint density at radius 2 is 1.92 bits per heavy atom. The van der Waals surface area contributed by atoms with E-state index in [0.717, 1.165) is 10.1 Å². The largest absolute Gasteiger partial charge is 0.444 e. The van der Waals surface area contributed by atoms with Gasteiger partial charge in [-0.05, 0) is 11.6 Å². The third kappa shape index (κ3) is 5.99. The summed E-state index contributed by atoms with van der Waals surface area (Å²) in [6.07, 6.45) is -0.142. The Balaban J connectivity index is 1.87. The predicted molar refractivity (Wildman–Crippen MR) is 87.8 cm³/mol. The van der Waals surface area contributed by atoms with Crippen molar-refractivity contribution in [1.29, 1.82) is 0 Å². The van der Waals surface area contributed by atoms with Crippen LogP contribution in [0.25, 0.3) is 0 Å². The van der Waals surface area contributed by atoms with Gasteiger partial charge in [0.25, 0.3) is 0 Å². The molecule has 0 aliphatic rings. The SMILES string of the molecule is O=C(Nc1ccn(COC(CO)CO)c(=O)n1)OCc1ccccc1. The van der Waals surface area contributed by atoms with Gasteiger partial charge >= 0.3 is 11.8 Å². The number of aromatic nitrogens is 2. The molecule has 0 fully saturated rings. The van der Waals surface area contributed by atoms with Gasteiger partial charge in [-0.3, -0.25) is 9.88 Å². The first-order valence-electron chi connectivity index (χ1n) is 7.51. The first kappa shape index (κ1) is 18.6. The van der Waals surface area contributed by atoms with Crippen molar-refractivity contribution in [2.45, 2.75) is 19.4 Å². The fourth-order valence-corrected chi connectivity index (χ4v) is 1.81. The molecule has 9 nitrogen and oxygen atoms in total. The van der Waals surface area contributed by atoms with Crippen molar-refractivity contribution in [1.82, 2.24) is 9.55 Å². The van der Waals surface area contributed by atoms with Crippen LogP contribution in [0.15, 0.2) is 47.4 Å². The molecule has 0 aliphatic carbocycles. The maximum absolute atomic E-state index is 11.8. The standard InChI is InChI=1S/C16H19N3O6/c20-8-13(9-21)25-11-19-7-6-14(17-15(19)22)18-16(23)24-10-12-4-2-1-3-5-12/h1-7,13,20-21H,8-11H2,(H,17,18,22,23). The number of anilines is 1. The highest BCUT2D eigenvalue weighted by Gasteiger charge is 2.09. The van der Waals surface area contributed by atoms with E-state index in [0.29, 0.717) is 0 Å². The first-order valence-corrected chi connectivity index (χ1v) is 7.51. The van der Waals surface area contributed by atoms with E-state index in [2.05, 4.69) is 10.3 Å². The molecule has 0 unspecified atom stereocenters. The molecule has 134 valence electrons. The molecule has 0 saturated heterocycles. The number of benzene rings is 1. The van der Waals surface area contributed by atoms with Crippen LogP contribution in [0.4, 0.5) is 10.6 Å². The number of aliphatic hydroxyl groups is 2. The number of carbonyl (C=O) groups is 1. The lowest BCUT2D eigenvalue weighted by Gasteiger charge is -2.13. The molecular weight excluding hydrogens is 330 g/mol. The minimum atomic E-state index is -0.780. The first-order chi connectivity index (χ1) is 12.1. The van der Waals surface area contributed by atoms with E-state index in [1.807, 2.05) is 30.3 Å². The third-order valence-corrected chi connectivity index (χ3v) is 3.17. The van der Waals surface area contributed by atoms with Gasteiger partial charge in [-0.25, -0.2) is 9.59 Å². The maximum Gasteiger partial charge on any atom is 0.413 e. The van der Waals surface area contributed by atoms with Crippen LogP contribution in [0.5, 0.6) is 0 Å². The van der Waals surface area contributed by atoms with Crippen molar-refractivity contribution in [2.24, 2.45) is 0 Å². The summed E-state index contributed by atoms with van der Waals surface area (Å²) in [7, 11) is 0. The molecule has 9 heteroatoms. The Bertz CT molecular complexity index is 730. The zero-order chi connectivity index (χ0) is 18.1. The molecule has 0 saturated carbocycles. The van der Waals surface area contributed by atoms with Gasteiger partial charge in [0.05, 0.1) is 13.2 Å². The molecule has 1 heterocycles. The Labute approximate surface area is 143 Å². The average Bonchev–Trinajstić information content (AvgIpc) is 2.63. The van der Waals surface area contributed by atoms with Gasteiger partial charge in [-0.2, -0.15) is 4.98 Å². The summed E-state index contributed by atoms with van der Waals surface area (Å²) in [6, 6.07) is 10.6. The van der Waals surface area contributed by atoms with E-state index in [-0.39, 0.29) is 32.4 Å². The summed E-state index contributed by atoms with van der Waals surface area (Å²) in [6.45, 7) is -0.825. The number of carbonyl (C=O) groups excluding carboxylic acids is 1. The second-order valence-corrected chi connectivity index (χ2v) is 5.03. The summed E-state index contributed by atoms with van der Waals surface area (Å²) >= 11 is 0. The van der Waals surface area contributed by atoms with Crippen molar-refractivity contribution in [3.8, 4) is 0 Å². The van der Waals surface area contributed by atoms with Gasteiger partial charge in [0, 0.05) is 6.20 Å². The monoisotopic (exact) mass is 349 g/mol. The average molecular weight is 349 g/mol. The quantitative estimate of drug-likeness (QED) is 0.627. The lowest BCUT2D eigenvalue weighted by molar-refractivity contribution is -0.0512. The molecule has 0 spiro atoms. The Hall–Kier alpha value is -2.75. The molecule has 0 radical (unpaired) electrons. The van der Waals surface area contributed by atoms with Gasteiger partial charge in [0.2, 0.25) is 0 Å². The molecule has 0 atom stereocenters. The van der Waals surface area contributed by atoms with E-state index in [4.69, 9.17) is 19.7 Å². The van der Waals surface area contributed by atoms with Crippen LogP contribution in [0.2, 0.25) is 0 Å². The number of aliphatic hydroxyl groups excluding tert-OH is 2. The number of nitrogens with zero attached hydrogens (tertiary/aromatic N) is 2. The van der Waals surface area contributed by atoms with E-state index in [1.54, 1.807) is 0 Å². The smallest absolute Gasteiger partial charge is 0.413 e. The van der Waals surface area contributed by atoms with Crippen LogP contribution in [-0.4, -0.2) is 45.2 Å².